The lowest BCUT2D eigenvalue weighted by Crippen LogP contribution is -2.23. The number of hydrogen-bond donors (Lipinski definition) is 1. The van der Waals surface area contributed by atoms with Gasteiger partial charge in [-0.2, -0.15) is 0 Å². The molecule has 18 heavy (non-hydrogen) atoms. The summed E-state index contributed by atoms with van der Waals surface area (Å²) in [5.41, 5.74) is 6.78. The molecule has 0 spiro atoms. The third kappa shape index (κ3) is 3.20. The first-order valence-electron chi connectivity index (χ1n) is 6.04. The van der Waals surface area contributed by atoms with E-state index in [1.807, 2.05) is 0 Å². The van der Waals surface area contributed by atoms with Crippen molar-refractivity contribution < 1.29 is 4.74 Å². The molecular formula is C13H22BrN3O. The molecule has 1 unspecified atom stereocenters. The molecule has 0 bridgehead atoms. The van der Waals surface area contributed by atoms with Crippen molar-refractivity contribution in [3.05, 3.63) is 16.0 Å². The molecule has 1 aromatic rings. The first-order chi connectivity index (χ1) is 8.18. The van der Waals surface area contributed by atoms with Crippen LogP contribution in [0.1, 0.15) is 58.2 Å². The van der Waals surface area contributed by atoms with E-state index in [2.05, 4.69) is 60.5 Å². The quantitative estimate of drug-likeness (QED) is 0.924. The SMILES string of the molecule is COC(c1nc(N)c(Br)c(C(C)C)n1)C(C)(C)C. The van der Waals surface area contributed by atoms with E-state index in [1.165, 1.54) is 0 Å². The molecule has 0 saturated carbocycles. The molecule has 0 aliphatic heterocycles. The van der Waals surface area contributed by atoms with Crippen molar-refractivity contribution >= 4 is 21.7 Å². The van der Waals surface area contributed by atoms with E-state index in [1.54, 1.807) is 7.11 Å². The lowest BCUT2D eigenvalue weighted by Gasteiger charge is -2.28. The average Bonchev–Trinajstić information content (AvgIpc) is 2.21. The van der Waals surface area contributed by atoms with Gasteiger partial charge in [0.05, 0.1) is 10.2 Å². The zero-order valence-corrected chi connectivity index (χ0v) is 13.5. The topological polar surface area (TPSA) is 61.0 Å². The Morgan fingerprint density at radius 2 is 1.78 bits per heavy atom. The lowest BCUT2D eigenvalue weighted by molar-refractivity contribution is 0.00856. The van der Waals surface area contributed by atoms with Crippen LogP contribution in [0.5, 0.6) is 0 Å². The van der Waals surface area contributed by atoms with Crippen LogP contribution in [0.25, 0.3) is 0 Å². The molecule has 1 atom stereocenters. The van der Waals surface area contributed by atoms with Crippen molar-refractivity contribution in [3.8, 4) is 0 Å². The Hall–Kier alpha value is -0.680. The summed E-state index contributed by atoms with van der Waals surface area (Å²) >= 11 is 3.45. The number of nitrogens with zero attached hydrogens (tertiary/aromatic N) is 2. The van der Waals surface area contributed by atoms with Gasteiger partial charge in [0.2, 0.25) is 0 Å². The summed E-state index contributed by atoms with van der Waals surface area (Å²) in [4.78, 5) is 8.96. The van der Waals surface area contributed by atoms with Crippen molar-refractivity contribution in [2.45, 2.75) is 46.6 Å². The van der Waals surface area contributed by atoms with Crippen molar-refractivity contribution in [1.82, 2.24) is 9.97 Å². The third-order valence-corrected chi connectivity index (χ3v) is 3.54. The highest BCUT2D eigenvalue weighted by Gasteiger charge is 2.30. The highest BCUT2D eigenvalue weighted by Crippen LogP contribution is 2.36. The predicted molar refractivity (Wildman–Crippen MR) is 77.4 cm³/mol. The van der Waals surface area contributed by atoms with Crippen LogP contribution in [0.15, 0.2) is 4.47 Å². The molecule has 1 aromatic heterocycles. The van der Waals surface area contributed by atoms with Gasteiger partial charge < -0.3 is 10.5 Å². The molecule has 1 rings (SSSR count). The zero-order chi connectivity index (χ0) is 14.1. The van der Waals surface area contributed by atoms with Gasteiger partial charge in [0.25, 0.3) is 0 Å². The van der Waals surface area contributed by atoms with E-state index in [9.17, 15) is 0 Å². The van der Waals surface area contributed by atoms with E-state index in [4.69, 9.17) is 10.5 Å². The Morgan fingerprint density at radius 3 is 2.17 bits per heavy atom. The number of nitrogens with two attached hydrogens (primary N) is 1. The van der Waals surface area contributed by atoms with E-state index < -0.39 is 0 Å². The van der Waals surface area contributed by atoms with Gasteiger partial charge in [0.15, 0.2) is 5.82 Å². The maximum Gasteiger partial charge on any atom is 0.160 e. The van der Waals surface area contributed by atoms with Crippen molar-refractivity contribution in [2.75, 3.05) is 12.8 Å². The van der Waals surface area contributed by atoms with Gasteiger partial charge in [0, 0.05) is 7.11 Å². The summed E-state index contributed by atoms with van der Waals surface area (Å²) in [5, 5.41) is 0. The minimum absolute atomic E-state index is 0.0801. The summed E-state index contributed by atoms with van der Waals surface area (Å²) in [5.74, 6) is 1.39. The number of halogens is 1. The normalized spacial score (nSPS) is 14.0. The Labute approximate surface area is 117 Å². The molecule has 0 saturated heterocycles. The van der Waals surface area contributed by atoms with Crippen LogP contribution in [0, 0.1) is 5.41 Å². The molecule has 0 amide bonds. The molecule has 102 valence electrons. The molecular weight excluding hydrogens is 294 g/mol. The minimum Gasteiger partial charge on any atom is -0.383 e. The van der Waals surface area contributed by atoms with Crippen LogP contribution >= 0.6 is 15.9 Å². The summed E-state index contributed by atoms with van der Waals surface area (Å²) in [7, 11) is 1.67. The fourth-order valence-corrected chi connectivity index (χ4v) is 2.48. The highest BCUT2D eigenvalue weighted by molar-refractivity contribution is 9.10. The molecule has 1 heterocycles. The number of hydrogen-bond acceptors (Lipinski definition) is 4. The van der Waals surface area contributed by atoms with Gasteiger partial charge >= 0.3 is 0 Å². The second kappa shape index (κ2) is 5.53. The predicted octanol–water partition coefficient (Wildman–Crippen LogP) is 3.68. The van der Waals surface area contributed by atoms with E-state index in [0.29, 0.717) is 11.6 Å². The van der Waals surface area contributed by atoms with Gasteiger partial charge in [-0.25, -0.2) is 9.97 Å². The van der Waals surface area contributed by atoms with Crippen LogP contribution in [-0.4, -0.2) is 17.1 Å². The summed E-state index contributed by atoms with van der Waals surface area (Å²) in [6, 6.07) is 0. The average molecular weight is 316 g/mol. The van der Waals surface area contributed by atoms with E-state index >= 15 is 0 Å². The first-order valence-corrected chi connectivity index (χ1v) is 6.83. The smallest absolute Gasteiger partial charge is 0.160 e. The lowest BCUT2D eigenvalue weighted by atomic mass is 9.88. The maximum absolute atomic E-state index is 5.94. The Bertz CT molecular complexity index is 427. The number of methoxy groups -OCH3 is 1. The maximum atomic E-state index is 5.94. The number of anilines is 1. The van der Waals surface area contributed by atoms with Crippen LogP contribution in [0.3, 0.4) is 0 Å². The van der Waals surface area contributed by atoms with E-state index in [0.717, 1.165) is 10.2 Å². The van der Waals surface area contributed by atoms with Crippen LogP contribution in [0.2, 0.25) is 0 Å². The van der Waals surface area contributed by atoms with Gasteiger partial charge in [-0.15, -0.1) is 0 Å². The standard InChI is InChI=1S/C13H22BrN3O/c1-7(2)9-8(14)11(15)17-12(16-9)10(18-6)13(3,4)5/h7,10H,1-6H3,(H2,15,16,17). The molecule has 0 radical (unpaired) electrons. The Balaban J connectivity index is 3.34. The van der Waals surface area contributed by atoms with Gasteiger partial charge in [-0.3, -0.25) is 0 Å². The fraction of sp³-hybridized carbons (Fsp3) is 0.692. The fourth-order valence-electron chi connectivity index (χ4n) is 1.85. The van der Waals surface area contributed by atoms with Crippen molar-refractivity contribution in [3.63, 3.8) is 0 Å². The van der Waals surface area contributed by atoms with Gasteiger partial charge in [-0.05, 0) is 27.3 Å². The highest BCUT2D eigenvalue weighted by atomic mass is 79.9. The summed E-state index contributed by atoms with van der Waals surface area (Å²) in [6.07, 6.45) is -0.176. The first kappa shape index (κ1) is 15.4. The number of aromatic nitrogens is 2. The van der Waals surface area contributed by atoms with Crippen molar-refractivity contribution in [2.24, 2.45) is 5.41 Å². The zero-order valence-electron chi connectivity index (χ0n) is 11.9. The second-order valence-corrected chi connectivity index (χ2v) is 6.60. The summed E-state index contributed by atoms with van der Waals surface area (Å²) < 4.78 is 6.32. The number of ether oxygens (including phenoxy) is 1. The van der Waals surface area contributed by atoms with Gasteiger partial charge in [-0.1, -0.05) is 34.6 Å². The van der Waals surface area contributed by atoms with E-state index in [-0.39, 0.29) is 17.4 Å². The number of rotatable bonds is 3. The minimum atomic E-state index is -0.176. The molecule has 0 aromatic carbocycles. The summed E-state index contributed by atoms with van der Waals surface area (Å²) in [6.45, 7) is 10.4. The van der Waals surface area contributed by atoms with Gasteiger partial charge in [0.1, 0.15) is 11.9 Å². The molecule has 4 nitrogen and oxygen atoms in total. The Morgan fingerprint density at radius 1 is 1.22 bits per heavy atom. The van der Waals surface area contributed by atoms with Crippen LogP contribution < -0.4 is 5.73 Å². The van der Waals surface area contributed by atoms with Crippen LogP contribution in [0.4, 0.5) is 5.82 Å². The van der Waals surface area contributed by atoms with Crippen molar-refractivity contribution in [1.29, 1.82) is 0 Å². The molecule has 5 heteroatoms. The molecule has 0 fully saturated rings. The third-order valence-electron chi connectivity index (χ3n) is 2.72. The second-order valence-electron chi connectivity index (χ2n) is 5.80. The molecule has 2 N–H and O–H groups in total. The van der Waals surface area contributed by atoms with Crippen LogP contribution in [-0.2, 0) is 4.74 Å². The largest absolute Gasteiger partial charge is 0.383 e. The number of nitrogen functional groups attached to an aromatic ring is 1. The molecule has 0 aliphatic carbocycles. The monoisotopic (exact) mass is 315 g/mol. The Kier molecular flexibility index (Phi) is 4.72. The molecule has 0 aliphatic rings.